The van der Waals surface area contributed by atoms with Crippen molar-refractivity contribution < 1.29 is 0 Å². The summed E-state index contributed by atoms with van der Waals surface area (Å²) in [5.74, 6) is 0.630. The van der Waals surface area contributed by atoms with Gasteiger partial charge < -0.3 is 5.32 Å². The van der Waals surface area contributed by atoms with E-state index in [0.717, 1.165) is 11.3 Å². The van der Waals surface area contributed by atoms with Gasteiger partial charge in [-0.15, -0.1) is 0 Å². The van der Waals surface area contributed by atoms with Crippen molar-refractivity contribution in [3.8, 4) is 17.5 Å². The van der Waals surface area contributed by atoms with Gasteiger partial charge in [0.25, 0.3) is 0 Å². The van der Waals surface area contributed by atoms with Crippen molar-refractivity contribution in [1.82, 2.24) is 9.97 Å². The molecule has 0 aliphatic rings. The predicted molar refractivity (Wildman–Crippen MR) is 70.9 cm³/mol. The van der Waals surface area contributed by atoms with Crippen molar-refractivity contribution in [3.63, 3.8) is 0 Å². The molecule has 4 nitrogen and oxygen atoms in total. The number of benzene rings is 1. The average Bonchev–Trinajstić information content (AvgIpc) is 2.39. The lowest BCUT2D eigenvalue weighted by Crippen LogP contribution is -2.09. The van der Waals surface area contributed by atoms with Crippen LogP contribution in [0.5, 0.6) is 0 Å². The first-order valence-corrected chi connectivity index (χ1v) is 5.78. The predicted octanol–water partition coefficient (Wildman–Crippen LogP) is 2.84. The first kappa shape index (κ1) is 12.1. The summed E-state index contributed by atoms with van der Waals surface area (Å²) in [6.45, 7) is 4.19. The molecule has 4 heteroatoms. The Labute approximate surface area is 106 Å². The zero-order valence-electron chi connectivity index (χ0n) is 10.4. The minimum Gasteiger partial charge on any atom is -0.383 e. The number of rotatable bonds is 3. The van der Waals surface area contributed by atoms with Crippen LogP contribution >= 0.6 is 0 Å². The molecule has 90 valence electrons. The van der Waals surface area contributed by atoms with Gasteiger partial charge in [-0.1, -0.05) is 0 Å². The maximum atomic E-state index is 8.68. The fourth-order valence-electron chi connectivity index (χ4n) is 1.58. The lowest BCUT2D eigenvalue weighted by Gasteiger charge is -2.10. The Morgan fingerprint density at radius 2 is 1.72 bits per heavy atom. The maximum absolute atomic E-state index is 8.68. The number of nitrogens with zero attached hydrogens (tertiary/aromatic N) is 3. The number of hydrogen-bond donors (Lipinski definition) is 1. The van der Waals surface area contributed by atoms with Gasteiger partial charge in [0.2, 0.25) is 0 Å². The van der Waals surface area contributed by atoms with E-state index in [1.165, 1.54) is 12.4 Å². The van der Waals surface area contributed by atoms with Crippen molar-refractivity contribution in [2.45, 2.75) is 19.9 Å². The van der Waals surface area contributed by atoms with Crippen molar-refractivity contribution >= 4 is 5.69 Å². The van der Waals surface area contributed by atoms with Crippen LogP contribution in [0.2, 0.25) is 0 Å². The monoisotopic (exact) mass is 238 g/mol. The molecule has 0 radical (unpaired) electrons. The van der Waals surface area contributed by atoms with Gasteiger partial charge in [-0.3, -0.25) is 0 Å². The van der Waals surface area contributed by atoms with Crippen molar-refractivity contribution in [3.05, 3.63) is 42.2 Å². The van der Waals surface area contributed by atoms with E-state index in [9.17, 15) is 0 Å². The molecule has 0 aliphatic carbocycles. The summed E-state index contributed by atoms with van der Waals surface area (Å²) in [7, 11) is 0. The molecule has 0 fully saturated rings. The summed E-state index contributed by atoms with van der Waals surface area (Å²) < 4.78 is 0. The van der Waals surface area contributed by atoms with E-state index in [1.807, 2.05) is 30.3 Å². The second kappa shape index (κ2) is 5.28. The largest absolute Gasteiger partial charge is 0.383 e. The molecule has 2 rings (SSSR count). The van der Waals surface area contributed by atoms with Crippen LogP contribution in [-0.2, 0) is 0 Å². The Morgan fingerprint density at radius 3 is 2.22 bits per heavy atom. The smallest absolute Gasteiger partial charge is 0.159 e. The standard InChI is InChI=1S/C14H14N4/c1-10(2)18-13-5-3-12(4-6-13)14-16-8-11(7-15)9-17-14/h3-6,8-10,18H,1-2H3. The highest BCUT2D eigenvalue weighted by Crippen LogP contribution is 2.18. The van der Waals surface area contributed by atoms with Crippen LogP contribution in [0.4, 0.5) is 5.69 Å². The molecule has 0 unspecified atom stereocenters. The summed E-state index contributed by atoms with van der Waals surface area (Å²) in [5.41, 5.74) is 2.48. The lowest BCUT2D eigenvalue weighted by atomic mass is 10.2. The van der Waals surface area contributed by atoms with Gasteiger partial charge >= 0.3 is 0 Å². The molecule has 1 aromatic heterocycles. The molecule has 0 aliphatic heterocycles. The van der Waals surface area contributed by atoms with Gasteiger partial charge in [0.1, 0.15) is 6.07 Å². The molecule has 2 aromatic rings. The van der Waals surface area contributed by atoms with Crippen LogP contribution in [0.25, 0.3) is 11.4 Å². The minimum absolute atomic E-state index is 0.405. The van der Waals surface area contributed by atoms with Gasteiger partial charge in [-0.25, -0.2) is 9.97 Å². The van der Waals surface area contributed by atoms with Gasteiger partial charge in [-0.05, 0) is 38.1 Å². The number of nitrogens with one attached hydrogen (secondary N) is 1. The second-order valence-corrected chi connectivity index (χ2v) is 4.28. The summed E-state index contributed by atoms with van der Waals surface area (Å²) in [5, 5.41) is 12.0. The van der Waals surface area contributed by atoms with E-state index in [1.54, 1.807) is 0 Å². The zero-order valence-corrected chi connectivity index (χ0v) is 10.4. The number of aromatic nitrogens is 2. The van der Waals surface area contributed by atoms with Gasteiger partial charge in [0.05, 0.1) is 5.56 Å². The quantitative estimate of drug-likeness (QED) is 0.893. The molecular formula is C14H14N4. The first-order chi connectivity index (χ1) is 8.69. The van der Waals surface area contributed by atoms with E-state index in [4.69, 9.17) is 5.26 Å². The molecular weight excluding hydrogens is 224 g/mol. The molecule has 0 atom stereocenters. The highest BCUT2D eigenvalue weighted by atomic mass is 14.9. The Balaban J connectivity index is 2.20. The van der Waals surface area contributed by atoms with Crippen LogP contribution < -0.4 is 5.32 Å². The third kappa shape index (κ3) is 2.83. The molecule has 0 saturated carbocycles. The number of anilines is 1. The molecule has 0 spiro atoms. The zero-order chi connectivity index (χ0) is 13.0. The van der Waals surface area contributed by atoms with Gasteiger partial charge in [0.15, 0.2) is 5.82 Å². The summed E-state index contributed by atoms with van der Waals surface area (Å²) in [4.78, 5) is 8.31. The summed E-state index contributed by atoms with van der Waals surface area (Å²) in [6.07, 6.45) is 3.06. The van der Waals surface area contributed by atoms with E-state index in [2.05, 4.69) is 29.1 Å². The normalized spacial score (nSPS) is 10.1. The molecule has 0 amide bonds. The van der Waals surface area contributed by atoms with Crippen LogP contribution in [0.15, 0.2) is 36.7 Å². The topological polar surface area (TPSA) is 61.6 Å². The molecule has 1 N–H and O–H groups in total. The third-order valence-corrected chi connectivity index (χ3v) is 2.38. The van der Waals surface area contributed by atoms with E-state index in [0.29, 0.717) is 17.4 Å². The van der Waals surface area contributed by atoms with E-state index >= 15 is 0 Å². The Bertz CT molecular complexity index is 550. The summed E-state index contributed by atoms with van der Waals surface area (Å²) >= 11 is 0. The molecule has 0 saturated heterocycles. The van der Waals surface area contributed by atoms with Gasteiger partial charge in [-0.2, -0.15) is 5.26 Å². The SMILES string of the molecule is CC(C)Nc1ccc(-c2ncc(C#N)cn2)cc1. The molecule has 18 heavy (non-hydrogen) atoms. The Morgan fingerprint density at radius 1 is 1.11 bits per heavy atom. The third-order valence-electron chi connectivity index (χ3n) is 2.38. The van der Waals surface area contributed by atoms with Crippen LogP contribution in [0, 0.1) is 11.3 Å². The highest BCUT2D eigenvalue weighted by Gasteiger charge is 2.02. The van der Waals surface area contributed by atoms with E-state index in [-0.39, 0.29) is 0 Å². The number of nitriles is 1. The maximum Gasteiger partial charge on any atom is 0.159 e. The van der Waals surface area contributed by atoms with Crippen molar-refractivity contribution in [2.24, 2.45) is 0 Å². The summed E-state index contributed by atoms with van der Waals surface area (Å²) in [6, 6.07) is 10.3. The Kier molecular flexibility index (Phi) is 3.54. The first-order valence-electron chi connectivity index (χ1n) is 5.78. The molecule has 0 bridgehead atoms. The van der Waals surface area contributed by atoms with Crippen LogP contribution in [-0.4, -0.2) is 16.0 Å². The van der Waals surface area contributed by atoms with Crippen molar-refractivity contribution in [1.29, 1.82) is 5.26 Å². The van der Waals surface area contributed by atoms with Crippen LogP contribution in [0.1, 0.15) is 19.4 Å². The van der Waals surface area contributed by atoms with E-state index < -0.39 is 0 Å². The van der Waals surface area contributed by atoms with Crippen LogP contribution in [0.3, 0.4) is 0 Å². The highest BCUT2D eigenvalue weighted by molar-refractivity contribution is 5.59. The Hall–Kier alpha value is -2.41. The fourth-order valence-corrected chi connectivity index (χ4v) is 1.58. The molecule has 1 aromatic carbocycles. The lowest BCUT2D eigenvalue weighted by molar-refractivity contribution is 0.900. The van der Waals surface area contributed by atoms with Crippen molar-refractivity contribution in [2.75, 3.05) is 5.32 Å². The molecule has 1 heterocycles. The number of hydrogen-bond acceptors (Lipinski definition) is 4. The second-order valence-electron chi connectivity index (χ2n) is 4.28. The fraction of sp³-hybridized carbons (Fsp3) is 0.214. The average molecular weight is 238 g/mol. The van der Waals surface area contributed by atoms with Gasteiger partial charge in [0, 0.05) is 29.7 Å². The minimum atomic E-state index is 0.405.